The van der Waals surface area contributed by atoms with E-state index in [9.17, 15) is 0 Å². The summed E-state index contributed by atoms with van der Waals surface area (Å²) in [4.78, 5) is 0. The van der Waals surface area contributed by atoms with E-state index in [4.69, 9.17) is 10.5 Å². The fraction of sp³-hybridized carbons (Fsp3) is 0.455. The first-order valence-electron chi connectivity index (χ1n) is 4.71. The molecule has 0 amide bonds. The molecule has 1 atom stereocenters. The highest BCUT2D eigenvalue weighted by atomic mass is 32.2. The molecule has 0 aliphatic carbocycles. The fourth-order valence-corrected chi connectivity index (χ4v) is 1.36. The van der Waals surface area contributed by atoms with Crippen LogP contribution in [0.2, 0.25) is 0 Å². The molecular formula is C11H17NOS. The Kier molecular flexibility index (Phi) is 4.84. The zero-order valence-electron chi connectivity index (χ0n) is 8.69. The lowest BCUT2D eigenvalue weighted by molar-refractivity contribution is 0.344. The molecule has 0 bridgehead atoms. The van der Waals surface area contributed by atoms with Crippen LogP contribution in [-0.2, 0) is 0 Å². The average molecular weight is 211 g/mol. The Bertz CT molecular complexity index is 258. The molecule has 3 heteroatoms. The molecule has 0 heterocycles. The van der Waals surface area contributed by atoms with Crippen LogP contribution in [0.1, 0.15) is 18.5 Å². The van der Waals surface area contributed by atoms with Crippen molar-refractivity contribution in [2.75, 3.05) is 18.6 Å². The molecule has 0 aliphatic heterocycles. The summed E-state index contributed by atoms with van der Waals surface area (Å²) in [5.41, 5.74) is 6.88. The molecule has 2 N–H and O–H groups in total. The van der Waals surface area contributed by atoms with Crippen LogP contribution in [0.25, 0.3) is 0 Å². The second-order valence-electron chi connectivity index (χ2n) is 3.20. The number of hydrogen-bond donors (Lipinski definition) is 1. The van der Waals surface area contributed by atoms with Gasteiger partial charge in [-0.25, -0.2) is 0 Å². The second-order valence-corrected chi connectivity index (χ2v) is 4.18. The van der Waals surface area contributed by atoms with E-state index in [0.29, 0.717) is 0 Å². The third kappa shape index (κ3) is 3.60. The van der Waals surface area contributed by atoms with Crippen molar-refractivity contribution in [3.63, 3.8) is 0 Å². The van der Waals surface area contributed by atoms with Gasteiger partial charge in [-0.2, -0.15) is 11.8 Å². The van der Waals surface area contributed by atoms with Gasteiger partial charge in [0.1, 0.15) is 5.75 Å². The number of nitrogens with two attached hydrogens (primary N) is 1. The van der Waals surface area contributed by atoms with E-state index in [1.165, 1.54) is 0 Å². The normalized spacial score (nSPS) is 12.5. The largest absolute Gasteiger partial charge is 0.493 e. The second kappa shape index (κ2) is 5.94. The first kappa shape index (κ1) is 11.4. The Labute approximate surface area is 89.8 Å². The smallest absolute Gasteiger partial charge is 0.119 e. The first-order chi connectivity index (χ1) is 6.74. The van der Waals surface area contributed by atoms with Crippen LogP contribution in [0, 0.1) is 0 Å². The predicted molar refractivity (Wildman–Crippen MR) is 62.9 cm³/mol. The van der Waals surface area contributed by atoms with Gasteiger partial charge in [-0.3, -0.25) is 0 Å². The summed E-state index contributed by atoms with van der Waals surface area (Å²) < 4.78 is 5.52. The molecule has 14 heavy (non-hydrogen) atoms. The van der Waals surface area contributed by atoms with Crippen molar-refractivity contribution in [1.82, 2.24) is 0 Å². The summed E-state index contributed by atoms with van der Waals surface area (Å²) >= 11 is 1.78. The summed E-state index contributed by atoms with van der Waals surface area (Å²) in [5, 5.41) is 0. The Morgan fingerprint density at radius 1 is 1.36 bits per heavy atom. The summed E-state index contributed by atoms with van der Waals surface area (Å²) in [6.07, 6.45) is 2.07. The van der Waals surface area contributed by atoms with Crippen molar-refractivity contribution in [2.24, 2.45) is 5.73 Å². The number of ether oxygens (including phenoxy) is 1. The number of benzene rings is 1. The molecule has 1 aromatic carbocycles. The average Bonchev–Trinajstić information content (AvgIpc) is 2.19. The standard InChI is InChI=1S/C11H17NOS/c1-9(12)10-3-5-11(6-4-10)13-7-8-14-2/h3-6,9H,7-8,12H2,1-2H3. The van der Waals surface area contributed by atoms with Crippen molar-refractivity contribution >= 4 is 11.8 Å². The van der Waals surface area contributed by atoms with Crippen LogP contribution in [0.5, 0.6) is 5.75 Å². The van der Waals surface area contributed by atoms with Crippen molar-refractivity contribution in [1.29, 1.82) is 0 Å². The van der Waals surface area contributed by atoms with Crippen LogP contribution in [-0.4, -0.2) is 18.6 Å². The molecule has 0 aromatic heterocycles. The van der Waals surface area contributed by atoms with Crippen molar-refractivity contribution in [3.05, 3.63) is 29.8 Å². The highest BCUT2D eigenvalue weighted by Gasteiger charge is 1.98. The summed E-state index contributed by atoms with van der Waals surface area (Å²) in [7, 11) is 0. The van der Waals surface area contributed by atoms with E-state index in [0.717, 1.165) is 23.7 Å². The number of rotatable bonds is 5. The topological polar surface area (TPSA) is 35.2 Å². The SMILES string of the molecule is CSCCOc1ccc(C(C)N)cc1. The molecule has 1 rings (SSSR count). The van der Waals surface area contributed by atoms with Gasteiger partial charge in [0.05, 0.1) is 6.61 Å². The molecule has 1 aromatic rings. The van der Waals surface area contributed by atoms with Crippen LogP contribution >= 0.6 is 11.8 Å². The van der Waals surface area contributed by atoms with E-state index >= 15 is 0 Å². The van der Waals surface area contributed by atoms with Gasteiger partial charge < -0.3 is 10.5 Å². The monoisotopic (exact) mass is 211 g/mol. The lowest BCUT2D eigenvalue weighted by Crippen LogP contribution is -2.05. The molecule has 78 valence electrons. The molecule has 2 nitrogen and oxygen atoms in total. The maximum atomic E-state index is 5.74. The van der Waals surface area contributed by atoms with Crippen LogP contribution in [0.15, 0.2) is 24.3 Å². The molecular weight excluding hydrogens is 194 g/mol. The van der Waals surface area contributed by atoms with E-state index in [1.807, 2.05) is 31.2 Å². The summed E-state index contributed by atoms with van der Waals surface area (Å²) in [5.74, 6) is 1.94. The maximum Gasteiger partial charge on any atom is 0.119 e. The van der Waals surface area contributed by atoms with Crippen LogP contribution < -0.4 is 10.5 Å². The van der Waals surface area contributed by atoms with Gasteiger partial charge in [-0.1, -0.05) is 12.1 Å². The van der Waals surface area contributed by atoms with Gasteiger partial charge in [-0.05, 0) is 30.9 Å². The Morgan fingerprint density at radius 2 is 2.00 bits per heavy atom. The zero-order chi connectivity index (χ0) is 10.4. The zero-order valence-corrected chi connectivity index (χ0v) is 9.51. The number of hydrogen-bond acceptors (Lipinski definition) is 3. The van der Waals surface area contributed by atoms with Gasteiger partial charge in [0.15, 0.2) is 0 Å². The minimum Gasteiger partial charge on any atom is -0.493 e. The highest BCUT2D eigenvalue weighted by molar-refractivity contribution is 7.98. The Morgan fingerprint density at radius 3 is 2.50 bits per heavy atom. The summed E-state index contributed by atoms with van der Waals surface area (Å²) in [6.45, 7) is 2.74. The minimum atomic E-state index is 0.0928. The lowest BCUT2D eigenvalue weighted by atomic mass is 10.1. The molecule has 0 aliphatic rings. The number of thioether (sulfide) groups is 1. The van der Waals surface area contributed by atoms with Gasteiger partial charge in [-0.15, -0.1) is 0 Å². The van der Waals surface area contributed by atoms with Gasteiger partial charge in [0, 0.05) is 11.8 Å². The molecule has 1 unspecified atom stereocenters. The van der Waals surface area contributed by atoms with E-state index in [2.05, 4.69) is 6.26 Å². The third-order valence-electron chi connectivity index (χ3n) is 1.96. The minimum absolute atomic E-state index is 0.0928. The van der Waals surface area contributed by atoms with Crippen molar-refractivity contribution in [3.8, 4) is 5.75 Å². The first-order valence-corrected chi connectivity index (χ1v) is 6.10. The van der Waals surface area contributed by atoms with Crippen molar-refractivity contribution < 1.29 is 4.74 Å². The molecule has 0 saturated heterocycles. The van der Waals surface area contributed by atoms with E-state index in [-0.39, 0.29) is 6.04 Å². The molecule has 0 fully saturated rings. The quantitative estimate of drug-likeness (QED) is 0.760. The molecule has 0 spiro atoms. The summed E-state index contributed by atoms with van der Waals surface area (Å²) in [6, 6.07) is 8.06. The van der Waals surface area contributed by atoms with Gasteiger partial charge >= 0.3 is 0 Å². The fourth-order valence-electron chi connectivity index (χ4n) is 1.11. The predicted octanol–water partition coefficient (Wildman–Crippen LogP) is 2.45. The van der Waals surface area contributed by atoms with Crippen LogP contribution in [0.4, 0.5) is 0 Å². The Balaban J connectivity index is 2.47. The van der Waals surface area contributed by atoms with E-state index in [1.54, 1.807) is 11.8 Å². The third-order valence-corrected chi connectivity index (χ3v) is 2.54. The van der Waals surface area contributed by atoms with Gasteiger partial charge in [0.2, 0.25) is 0 Å². The van der Waals surface area contributed by atoms with Crippen molar-refractivity contribution in [2.45, 2.75) is 13.0 Å². The molecule has 0 saturated carbocycles. The highest BCUT2D eigenvalue weighted by Crippen LogP contribution is 2.16. The van der Waals surface area contributed by atoms with E-state index < -0.39 is 0 Å². The molecule has 0 radical (unpaired) electrons. The maximum absolute atomic E-state index is 5.74. The lowest BCUT2D eigenvalue weighted by Gasteiger charge is -2.08. The van der Waals surface area contributed by atoms with Crippen LogP contribution in [0.3, 0.4) is 0 Å². The Hall–Kier alpha value is -0.670. The van der Waals surface area contributed by atoms with Gasteiger partial charge in [0.25, 0.3) is 0 Å².